The SMILES string of the molecule is COc1ccccc1P(c1ccccc1OC)C1CCCCC1P(c1ccccc1OC)c1ccccc1OC. The van der Waals surface area contributed by atoms with Gasteiger partial charge in [0, 0.05) is 21.2 Å². The lowest BCUT2D eigenvalue weighted by Crippen LogP contribution is -2.38. The van der Waals surface area contributed by atoms with Crippen molar-refractivity contribution in [1.29, 1.82) is 0 Å². The van der Waals surface area contributed by atoms with E-state index in [1.165, 1.54) is 34.1 Å². The molecular formula is C34H38O4P2. The minimum absolute atomic E-state index is 0.414. The van der Waals surface area contributed by atoms with Crippen molar-refractivity contribution in [1.82, 2.24) is 0 Å². The van der Waals surface area contributed by atoms with Crippen LogP contribution in [0.3, 0.4) is 0 Å². The predicted octanol–water partition coefficient (Wildman–Crippen LogP) is 6.60. The minimum Gasteiger partial charge on any atom is -0.496 e. The van der Waals surface area contributed by atoms with Crippen LogP contribution in [-0.4, -0.2) is 39.8 Å². The first-order valence-corrected chi connectivity index (χ1v) is 16.6. The molecule has 208 valence electrons. The molecule has 0 spiro atoms. The van der Waals surface area contributed by atoms with Gasteiger partial charge in [-0.05, 0) is 64.3 Å². The second-order valence-electron chi connectivity index (χ2n) is 9.85. The fraction of sp³-hybridized carbons (Fsp3) is 0.294. The van der Waals surface area contributed by atoms with Gasteiger partial charge in [-0.2, -0.15) is 0 Å². The van der Waals surface area contributed by atoms with Crippen LogP contribution < -0.4 is 40.2 Å². The zero-order valence-electron chi connectivity index (χ0n) is 23.7. The van der Waals surface area contributed by atoms with Gasteiger partial charge in [-0.1, -0.05) is 85.6 Å². The third kappa shape index (κ3) is 5.71. The van der Waals surface area contributed by atoms with Gasteiger partial charge in [0.25, 0.3) is 0 Å². The molecule has 4 nitrogen and oxygen atoms in total. The van der Waals surface area contributed by atoms with E-state index in [9.17, 15) is 0 Å². The molecule has 2 atom stereocenters. The van der Waals surface area contributed by atoms with Crippen molar-refractivity contribution in [2.45, 2.75) is 37.0 Å². The van der Waals surface area contributed by atoms with Crippen LogP contribution in [0.15, 0.2) is 97.1 Å². The van der Waals surface area contributed by atoms with Crippen molar-refractivity contribution >= 4 is 37.1 Å². The van der Waals surface area contributed by atoms with Gasteiger partial charge in [0.2, 0.25) is 0 Å². The number of para-hydroxylation sites is 4. The summed E-state index contributed by atoms with van der Waals surface area (Å²) >= 11 is 0. The summed E-state index contributed by atoms with van der Waals surface area (Å²) in [7, 11) is 5.49. The van der Waals surface area contributed by atoms with Crippen molar-refractivity contribution in [2.75, 3.05) is 28.4 Å². The van der Waals surface area contributed by atoms with Gasteiger partial charge in [-0.3, -0.25) is 0 Å². The average molecular weight is 573 g/mol. The summed E-state index contributed by atoms with van der Waals surface area (Å²) < 4.78 is 24.0. The van der Waals surface area contributed by atoms with Crippen molar-refractivity contribution in [3.8, 4) is 23.0 Å². The summed E-state index contributed by atoms with van der Waals surface area (Å²) in [6.45, 7) is 0. The van der Waals surface area contributed by atoms with Crippen LogP contribution in [0.1, 0.15) is 25.7 Å². The standard InChI is InChI=1S/C34H38O4P2/c1-35-25-15-5-9-19-29(25)39(30-20-10-6-16-26(30)36-2)33-23-13-14-24-34(33)40(31-21-11-7-17-27(31)37-3)32-22-12-8-18-28(32)38-4/h5-12,15-22,33-34H,13-14,23-24H2,1-4H3. The topological polar surface area (TPSA) is 36.9 Å². The number of benzene rings is 4. The maximum Gasteiger partial charge on any atom is 0.126 e. The number of ether oxygens (including phenoxy) is 4. The summed E-state index contributed by atoms with van der Waals surface area (Å²) in [5.74, 6) is 3.79. The lowest BCUT2D eigenvalue weighted by Gasteiger charge is -2.43. The van der Waals surface area contributed by atoms with Crippen molar-refractivity contribution in [3.63, 3.8) is 0 Å². The van der Waals surface area contributed by atoms with Gasteiger partial charge < -0.3 is 18.9 Å². The third-order valence-electron chi connectivity index (χ3n) is 7.74. The van der Waals surface area contributed by atoms with Crippen LogP contribution in [0.5, 0.6) is 23.0 Å². The van der Waals surface area contributed by atoms with E-state index in [-0.39, 0.29) is 0 Å². The lowest BCUT2D eigenvalue weighted by molar-refractivity contribution is 0.416. The Morgan fingerprint density at radius 3 is 0.925 bits per heavy atom. The van der Waals surface area contributed by atoms with Crippen LogP contribution >= 0.6 is 15.8 Å². The molecule has 0 aliphatic heterocycles. The molecule has 0 radical (unpaired) electrons. The number of rotatable bonds is 10. The molecule has 0 N–H and O–H groups in total. The Hall–Kier alpha value is -3.06. The van der Waals surface area contributed by atoms with Crippen LogP contribution in [0.2, 0.25) is 0 Å². The van der Waals surface area contributed by atoms with Crippen LogP contribution in [-0.2, 0) is 0 Å². The quantitative estimate of drug-likeness (QED) is 0.201. The molecule has 4 aromatic carbocycles. The normalized spacial score (nSPS) is 17.1. The zero-order valence-corrected chi connectivity index (χ0v) is 25.5. The van der Waals surface area contributed by atoms with Crippen LogP contribution in [0.25, 0.3) is 0 Å². The molecule has 5 rings (SSSR count). The van der Waals surface area contributed by atoms with Crippen LogP contribution in [0.4, 0.5) is 0 Å². The highest BCUT2D eigenvalue weighted by Crippen LogP contribution is 2.59. The zero-order chi connectivity index (χ0) is 27.9. The Labute approximate surface area is 241 Å². The van der Waals surface area contributed by atoms with Gasteiger partial charge in [-0.25, -0.2) is 0 Å². The fourth-order valence-corrected chi connectivity index (χ4v) is 13.2. The minimum atomic E-state index is -0.818. The lowest BCUT2D eigenvalue weighted by atomic mass is 9.99. The Balaban J connectivity index is 1.75. The smallest absolute Gasteiger partial charge is 0.126 e. The third-order valence-corrected chi connectivity index (χ3v) is 14.1. The van der Waals surface area contributed by atoms with Gasteiger partial charge in [0.05, 0.1) is 28.4 Å². The Morgan fingerprint density at radius 1 is 0.425 bits per heavy atom. The molecule has 1 aliphatic rings. The van der Waals surface area contributed by atoms with E-state index in [0.717, 1.165) is 35.8 Å². The van der Waals surface area contributed by atoms with Crippen molar-refractivity contribution in [3.05, 3.63) is 97.1 Å². The number of methoxy groups -OCH3 is 4. The summed E-state index contributed by atoms with van der Waals surface area (Å²) in [6.07, 6.45) is 4.72. The molecule has 1 saturated carbocycles. The first kappa shape index (κ1) is 28.5. The van der Waals surface area contributed by atoms with E-state index >= 15 is 0 Å². The maximum atomic E-state index is 5.99. The van der Waals surface area contributed by atoms with E-state index < -0.39 is 15.8 Å². The van der Waals surface area contributed by atoms with E-state index in [0.29, 0.717) is 11.3 Å². The molecule has 4 aromatic rings. The van der Waals surface area contributed by atoms with Crippen molar-refractivity contribution < 1.29 is 18.9 Å². The fourth-order valence-electron chi connectivity index (χ4n) is 5.98. The van der Waals surface area contributed by atoms with Gasteiger partial charge in [0.1, 0.15) is 23.0 Å². The summed E-state index contributed by atoms with van der Waals surface area (Å²) in [4.78, 5) is 0. The molecule has 0 amide bonds. The number of hydrogen-bond donors (Lipinski definition) is 0. The molecule has 6 heteroatoms. The molecule has 0 saturated heterocycles. The van der Waals surface area contributed by atoms with Gasteiger partial charge >= 0.3 is 0 Å². The molecule has 0 aromatic heterocycles. The molecule has 0 heterocycles. The van der Waals surface area contributed by atoms with Crippen molar-refractivity contribution in [2.24, 2.45) is 0 Å². The van der Waals surface area contributed by atoms with Crippen LogP contribution in [0, 0.1) is 0 Å². The first-order valence-electron chi connectivity index (χ1n) is 13.8. The summed E-state index contributed by atoms with van der Waals surface area (Å²) in [5.41, 5.74) is 0.828. The summed E-state index contributed by atoms with van der Waals surface area (Å²) in [6, 6.07) is 34.3. The highest BCUT2D eigenvalue weighted by molar-refractivity contribution is 7.78. The molecule has 1 fully saturated rings. The Bertz CT molecular complexity index is 1210. The van der Waals surface area contributed by atoms with E-state index in [4.69, 9.17) is 18.9 Å². The Kier molecular flexibility index (Phi) is 9.63. The molecule has 1 aliphatic carbocycles. The van der Waals surface area contributed by atoms with E-state index in [1.54, 1.807) is 28.4 Å². The molecule has 0 bridgehead atoms. The first-order chi connectivity index (χ1) is 19.7. The molecule has 40 heavy (non-hydrogen) atoms. The molecule has 2 unspecified atom stereocenters. The number of hydrogen-bond acceptors (Lipinski definition) is 4. The van der Waals surface area contributed by atoms with Gasteiger partial charge in [-0.15, -0.1) is 0 Å². The maximum absolute atomic E-state index is 5.99. The van der Waals surface area contributed by atoms with Gasteiger partial charge in [0.15, 0.2) is 0 Å². The monoisotopic (exact) mass is 572 g/mol. The summed E-state index contributed by atoms with van der Waals surface area (Å²) in [5, 5.41) is 5.10. The average Bonchev–Trinajstić information content (AvgIpc) is 3.03. The highest BCUT2D eigenvalue weighted by atomic mass is 31.1. The predicted molar refractivity (Wildman–Crippen MR) is 170 cm³/mol. The highest BCUT2D eigenvalue weighted by Gasteiger charge is 2.42. The second kappa shape index (κ2) is 13.5. The molecular weight excluding hydrogens is 534 g/mol. The van der Waals surface area contributed by atoms with E-state index in [2.05, 4.69) is 97.1 Å². The Morgan fingerprint density at radius 2 is 0.675 bits per heavy atom. The largest absolute Gasteiger partial charge is 0.496 e. The second-order valence-corrected chi connectivity index (χ2v) is 14.6. The van der Waals surface area contributed by atoms with E-state index in [1.807, 2.05) is 0 Å².